The van der Waals surface area contributed by atoms with Gasteiger partial charge < -0.3 is 25.4 Å². The largest absolute Gasteiger partial charge is 0.462 e. The highest BCUT2D eigenvalue weighted by Crippen LogP contribution is 2.20. The fourth-order valence-electron chi connectivity index (χ4n) is 3.75. The standard InChI is InChI=1S/C24H29FN6O5S/c1-3-31-21(33)20(37-22(31)17(14-26)23(34)36-4-2)15-27-16-5-6-18(25)19(13-16)28-24(35)30-9-7-29(8-10-30)11-12-32/h5-6,13,15,27,32H,3-4,7-12H2,1-2H3,(H,28,35)/b20-15+,22-17+. The molecule has 0 aliphatic carbocycles. The van der Waals surface area contributed by atoms with Gasteiger partial charge in [-0.15, -0.1) is 11.3 Å². The van der Waals surface area contributed by atoms with Gasteiger partial charge in [0.2, 0.25) is 0 Å². The number of hydrogen-bond donors (Lipinski definition) is 3. The molecular formula is C24H29FN6O5S. The number of β-amino-alcohol motifs (C(OH)–C–C–N with tert-alkyl or cyclic N) is 1. The summed E-state index contributed by atoms with van der Waals surface area (Å²) in [6.07, 6.45) is 1.40. The first-order valence-electron chi connectivity index (χ1n) is 11.8. The summed E-state index contributed by atoms with van der Waals surface area (Å²) < 4.78 is 21.1. The molecule has 0 spiro atoms. The Bertz CT molecular complexity index is 1360. The zero-order valence-electron chi connectivity index (χ0n) is 20.6. The number of piperazine rings is 1. The van der Waals surface area contributed by atoms with E-state index < -0.39 is 23.4 Å². The van der Waals surface area contributed by atoms with E-state index in [0.717, 1.165) is 11.3 Å². The van der Waals surface area contributed by atoms with Crippen molar-refractivity contribution in [1.29, 1.82) is 5.26 Å². The fraction of sp³-hybridized carbons (Fsp3) is 0.417. The smallest absolute Gasteiger partial charge is 0.351 e. The van der Waals surface area contributed by atoms with Gasteiger partial charge in [-0.25, -0.2) is 14.0 Å². The van der Waals surface area contributed by atoms with Crippen LogP contribution in [0.15, 0.2) is 23.0 Å². The number of rotatable bonds is 8. The van der Waals surface area contributed by atoms with E-state index in [1.807, 2.05) is 11.0 Å². The fourth-order valence-corrected chi connectivity index (χ4v) is 4.82. The van der Waals surface area contributed by atoms with E-state index in [4.69, 9.17) is 9.84 Å². The Morgan fingerprint density at radius 1 is 1.27 bits per heavy atom. The van der Waals surface area contributed by atoms with Gasteiger partial charge in [-0.1, -0.05) is 0 Å². The number of thiazole rings is 1. The van der Waals surface area contributed by atoms with Gasteiger partial charge >= 0.3 is 12.0 Å². The van der Waals surface area contributed by atoms with Crippen LogP contribution in [0.25, 0.3) is 11.8 Å². The Balaban J connectivity index is 1.81. The predicted octanol–water partition coefficient (Wildman–Crippen LogP) is 0.298. The summed E-state index contributed by atoms with van der Waals surface area (Å²) in [6.45, 7) is 6.41. The first-order chi connectivity index (χ1) is 17.8. The minimum absolute atomic E-state index is 0.0264. The minimum Gasteiger partial charge on any atom is -0.462 e. The molecule has 0 unspecified atom stereocenters. The maximum Gasteiger partial charge on any atom is 0.351 e. The van der Waals surface area contributed by atoms with Crippen molar-refractivity contribution in [3.8, 4) is 6.07 Å². The van der Waals surface area contributed by atoms with Gasteiger partial charge in [-0.3, -0.25) is 14.3 Å². The lowest BCUT2D eigenvalue weighted by Crippen LogP contribution is -2.50. The van der Waals surface area contributed by atoms with Crippen LogP contribution in [0, 0.1) is 17.1 Å². The summed E-state index contributed by atoms with van der Waals surface area (Å²) in [6, 6.07) is 5.43. The number of aromatic nitrogens is 1. The van der Waals surface area contributed by atoms with Crippen LogP contribution in [-0.2, 0) is 16.1 Å². The lowest BCUT2D eigenvalue weighted by molar-refractivity contribution is -0.136. The van der Waals surface area contributed by atoms with Gasteiger partial charge in [0.25, 0.3) is 5.56 Å². The molecule has 0 radical (unpaired) electrons. The number of hydrogen-bond acceptors (Lipinski definition) is 9. The Morgan fingerprint density at radius 3 is 2.62 bits per heavy atom. The molecule has 1 aromatic carbocycles. The van der Waals surface area contributed by atoms with Crippen molar-refractivity contribution in [3.05, 3.63) is 43.6 Å². The highest BCUT2D eigenvalue weighted by molar-refractivity contribution is 7.07. The van der Waals surface area contributed by atoms with Crippen LogP contribution in [0.1, 0.15) is 13.8 Å². The van der Waals surface area contributed by atoms with Crippen molar-refractivity contribution in [2.45, 2.75) is 20.4 Å². The van der Waals surface area contributed by atoms with E-state index in [2.05, 4.69) is 10.6 Å². The van der Waals surface area contributed by atoms with Crippen LogP contribution in [0.4, 0.5) is 20.6 Å². The van der Waals surface area contributed by atoms with E-state index in [-0.39, 0.29) is 40.2 Å². The first kappa shape index (κ1) is 27.9. The molecule has 1 aliphatic heterocycles. The zero-order valence-corrected chi connectivity index (χ0v) is 21.4. The SMILES string of the molecule is CCOC(=O)/C(C#N)=c1/s/c(=C/Nc2ccc(F)c(NC(=O)N3CCN(CCO)CC3)c2)c(=O)n1CC. The Hall–Kier alpha value is -3.73. The minimum atomic E-state index is -0.804. The maximum absolute atomic E-state index is 14.4. The number of amides is 2. The number of ether oxygens (including phenoxy) is 1. The number of nitriles is 1. The highest BCUT2D eigenvalue weighted by atomic mass is 32.1. The van der Waals surface area contributed by atoms with E-state index >= 15 is 0 Å². The van der Waals surface area contributed by atoms with Crippen molar-refractivity contribution >= 4 is 46.5 Å². The second kappa shape index (κ2) is 13.0. The normalized spacial score (nSPS) is 15.2. The molecule has 2 amide bonds. The second-order valence-corrected chi connectivity index (χ2v) is 9.02. The summed E-state index contributed by atoms with van der Waals surface area (Å²) in [4.78, 5) is 41.2. The number of aliphatic hydroxyl groups excluding tert-OH is 1. The van der Waals surface area contributed by atoms with Crippen LogP contribution in [0.5, 0.6) is 0 Å². The van der Waals surface area contributed by atoms with E-state index in [9.17, 15) is 24.0 Å². The average molecular weight is 533 g/mol. The molecular weight excluding hydrogens is 503 g/mol. The molecule has 37 heavy (non-hydrogen) atoms. The van der Waals surface area contributed by atoms with Gasteiger partial charge in [0.15, 0.2) is 5.57 Å². The number of aliphatic hydroxyl groups is 1. The third kappa shape index (κ3) is 6.73. The lowest BCUT2D eigenvalue weighted by Gasteiger charge is -2.34. The molecule has 0 atom stereocenters. The number of nitrogens with one attached hydrogen (secondary N) is 2. The Kier molecular flexibility index (Phi) is 9.78. The van der Waals surface area contributed by atoms with Crippen LogP contribution < -0.4 is 25.4 Å². The van der Waals surface area contributed by atoms with Crippen molar-refractivity contribution in [2.24, 2.45) is 0 Å². The van der Waals surface area contributed by atoms with Crippen LogP contribution >= 0.6 is 11.3 Å². The topological polar surface area (TPSA) is 140 Å². The number of esters is 1. The molecule has 0 saturated carbocycles. The molecule has 1 saturated heterocycles. The Morgan fingerprint density at radius 2 is 2.00 bits per heavy atom. The summed E-state index contributed by atoms with van der Waals surface area (Å²) in [5.41, 5.74) is -0.268. The third-order valence-electron chi connectivity index (χ3n) is 5.68. The number of anilines is 2. The number of benzene rings is 1. The van der Waals surface area contributed by atoms with Gasteiger partial charge in [-0.2, -0.15) is 5.26 Å². The number of carbonyl (C=O) groups excluding carboxylic acids is 2. The van der Waals surface area contributed by atoms with Gasteiger partial charge in [-0.05, 0) is 32.0 Å². The molecule has 2 heterocycles. The molecule has 0 bridgehead atoms. The summed E-state index contributed by atoms with van der Waals surface area (Å²) in [5.74, 6) is -1.42. The molecule has 13 heteroatoms. The van der Waals surface area contributed by atoms with Crippen LogP contribution in [-0.4, -0.2) is 77.4 Å². The molecule has 3 N–H and O–H groups in total. The van der Waals surface area contributed by atoms with Crippen molar-refractivity contribution < 1.29 is 23.8 Å². The van der Waals surface area contributed by atoms with Crippen LogP contribution in [0.3, 0.4) is 0 Å². The summed E-state index contributed by atoms with van der Waals surface area (Å²) in [7, 11) is 0. The summed E-state index contributed by atoms with van der Waals surface area (Å²) in [5, 5.41) is 24.0. The quantitative estimate of drug-likeness (QED) is 0.413. The molecule has 3 rings (SSSR count). The van der Waals surface area contributed by atoms with E-state index in [1.165, 1.54) is 29.0 Å². The maximum atomic E-state index is 14.4. The number of urea groups is 1. The first-order valence-corrected chi connectivity index (χ1v) is 12.6. The van der Waals surface area contributed by atoms with Crippen LogP contribution in [0.2, 0.25) is 0 Å². The molecule has 1 fully saturated rings. The lowest BCUT2D eigenvalue weighted by atomic mass is 10.2. The van der Waals surface area contributed by atoms with Crippen molar-refractivity contribution in [1.82, 2.24) is 14.4 Å². The van der Waals surface area contributed by atoms with Gasteiger partial charge in [0.1, 0.15) is 21.1 Å². The second-order valence-electron chi connectivity index (χ2n) is 7.99. The predicted molar refractivity (Wildman–Crippen MR) is 138 cm³/mol. The molecule has 1 aliphatic rings. The summed E-state index contributed by atoms with van der Waals surface area (Å²) >= 11 is 0.959. The van der Waals surface area contributed by atoms with E-state index in [1.54, 1.807) is 18.7 Å². The molecule has 11 nitrogen and oxygen atoms in total. The monoisotopic (exact) mass is 532 g/mol. The van der Waals surface area contributed by atoms with Gasteiger partial charge in [0.05, 0.1) is 18.9 Å². The number of halogens is 1. The van der Waals surface area contributed by atoms with Gasteiger partial charge in [0, 0.05) is 51.2 Å². The van der Waals surface area contributed by atoms with E-state index in [0.29, 0.717) is 38.4 Å². The number of carbonyl (C=O) groups is 2. The molecule has 198 valence electrons. The van der Waals surface area contributed by atoms with Crippen molar-refractivity contribution in [2.75, 3.05) is 56.6 Å². The third-order valence-corrected chi connectivity index (χ3v) is 6.81. The molecule has 1 aromatic heterocycles. The highest BCUT2D eigenvalue weighted by Gasteiger charge is 2.21. The average Bonchev–Trinajstić information content (AvgIpc) is 3.20. The zero-order chi connectivity index (χ0) is 26.9. The Labute approximate surface area is 216 Å². The molecule has 2 aromatic rings. The number of nitrogens with zero attached hydrogens (tertiary/aromatic N) is 4. The van der Waals surface area contributed by atoms with Crippen molar-refractivity contribution in [3.63, 3.8) is 0 Å².